The second kappa shape index (κ2) is 4.93. The van der Waals surface area contributed by atoms with E-state index < -0.39 is 12.1 Å². The average Bonchev–Trinajstić information content (AvgIpc) is 2.86. The van der Waals surface area contributed by atoms with E-state index in [9.17, 15) is 9.90 Å². The van der Waals surface area contributed by atoms with E-state index in [1.54, 1.807) is 6.07 Å². The maximum atomic E-state index is 12.6. The number of Topliss-reactive ketones (excluding diaryl/α,β-unsaturated/α-hetero) is 1. The first-order valence-corrected chi connectivity index (χ1v) is 7.60. The van der Waals surface area contributed by atoms with Crippen molar-refractivity contribution in [2.75, 3.05) is 5.32 Å². The molecule has 0 aliphatic carbocycles. The first-order chi connectivity index (χ1) is 11.1. The molecule has 0 bridgehead atoms. The van der Waals surface area contributed by atoms with Crippen molar-refractivity contribution in [3.8, 4) is 0 Å². The Morgan fingerprint density at radius 1 is 1.17 bits per heavy atom. The van der Waals surface area contributed by atoms with Crippen molar-refractivity contribution in [2.45, 2.75) is 26.0 Å². The number of aryl methyl sites for hydroxylation is 2. The van der Waals surface area contributed by atoms with Crippen LogP contribution in [0.3, 0.4) is 0 Å². The highest BCUT2D eigenvalue weighted by molar-refractivity contribution is 6.09. The topological polar surface area (TPSA) is 66.6 Å². The van der Waals surface area contributed by atoms with Crippen molar-refractivity contribution in [1.29, 1.82) is 0 Å². The summed E-state index contributed by atoms with van der Waals surface area (Å²) in [5.74, 6) is -0.270. The van der Waals surface area contributed by atoms with Crippen LogP contribution in [-0.4, -0.2) is 26.4 Å². The quantitative estimate of drug-likeness (QED) is 0.725. The highest BCUT2D eigenvalue weighted by Gasteiger charge is 2.36. The molecule has 2 atom stereocenters. The molecule has 2 aromatic heterocycles. The fourth-order valence-electron chi connectivity index (χ4n) is 3.16. The minimum atomic E-state index is -1.11. The van der Waals surface area contributed by atoms with E-state index >= 15 is 0 Å². The molecule has 0 radical (unpaired) electrons. The number of hydrogen-bond donors (Lipinski definition) is 2. The molecule has 0 fully saturated rings. The summed E-state index contributed by atoms with van der Waals surface area (Å²) in [5, 5.41) is 13.8. The second-order valence-electron chi connectivity index (χ2n) is 5.92. The van der Waals surface area contributed by atoms with E-state index in [2.05, 4.69) is 10.3 Å². The van der Waals surface area contributed by atoms with Gasteiger partial charge in [-0.05, 0) is 25.5 Å². The first-order valence-electron chi connectivity index (χ1n) is 7.60. The largest absolute Gasteiger partial charge is 0.382 e. The zero-order valence-corrected chi connectivity index (χ0v) is 12.9. The number of aliphatic hydroxyl groups is 1. The molecule has 0 saturated carbocycles. The number of rotatable bonds is 1. The van der Waals surface area contributed by atoms with Gasteiger partial charge >= 0.3 is 0 Å². The lowest BCUT2D eigenvalue weighted by Gasteiger charge is -2.31. The molecule has 0 spiro atoms. The van der Waals surface area contributed by atoms with Gasteiger partial charge in [-0.25, -0.2) is 4.98 Å². The number of aliphatic hydroxyl groups excluding tert-OH is 1. The number of imidazole rings is 1. The van der Waals surface area contributed by atoms with Crippen LogP contribution in [0.5, 0.6) is 0 Å². The Morgan fingerprint density at radius 3 is 2.65 bits per heavy atom. The number of ketones is 1. The monoisotopic (exact) mass is 307 g/mol. The lowest BCUT2D eigenvalue weighted by atomic mass is 9.90. The molecular formula is C18H17N3O2. The van der Waals surface area contributed by atoms with Crippen LogP contribution < -0.4 is 5.32 Å². The Balaban J connectivity index is 1.92. The number of carbonyl (C=O) groups excluding carboxylic acids is 1. The molecule has 4 rings (SSSR count). The normalized spacial score (nSPS) is 20.4. The Morgan fingerprint density at radius 2 is 1.91 bits per heavy atom. The smallest absolute Gasteiger partial charge is 0.196 e. The van der Waals surface area contributed by atoms with Crippen molar-refractivity contribution >= 4 is 17.1 Å². The van der Waals surface area contributed by atoms with Crippen molar-refractivity contribution in [2.24, 2.45) is 0 Å². The van der Waals surface area contributed by atoms with Gasteiger partial charge in [-0.15, -0.1) is 0 Å². The van der Waals surface area contributed by atoms with Crippen LogP contribution in [0.15, 0.2) is 42.6 Å². The number of fused-ring (bicyclic) bond motifs is 3. The van der Waals surface area contributed by atoms with E-state index in [0.717, 1.165) is 22.6 Å². The predicted molar refractivity (Wildman–Crippen MR) is 87.8 cm³/mol. The molecule has 116 valence electrons. The third-order valence-corrected chi connectivity index (χ3v) is 4.58. The van der Waals surface area contributed by atoms with E-state index in [1.807, 2.05) is 54.8 Å². The van der Waals surface area contributed by atoms with Gasteiger partial charge in [0.05, 0.1) is 17.4 Å². The number of pyridine rings is 1. The van der Waals surface area contributed by atoms with Crippen LogP contribution in [0.25, 0.3) is 5.65 Å². The van der Waals surface area contributed by atoms with Gasteiger partial charge in [0.1, 0.15) is 6.10 Å². The maximum absolute atomic E-state index is 12.6. The van der Waals surface area contributed by atoms with Crippen LogP contribution in [0.4, 0.5) is 5.69 Å². The highest BCUT2D eigenvalue weighted by Crippen LogP contribution is 2.35. The fourth-order valence-corrected chi connectivity index (χ4v) is 3.16. The van der Waals surface area contributed by atoms with Gasteiger partial charge in [0, 0.05) is 17.5 Å². The molecule has 23 heavy (non-hydrogen) atoms. The van der Waals surface area contributed by atoms with Gasteiger partial charge in [0.15, 0.2) is 11.4 Å². The third kappa shape index (κ3) is 1.97. The summed E-state index contributed by atoms with van der Waals surface area (Å²) in [4.78, 5) is 17.2. The molecule has 1 aromatic carbocycles. The third-order valence-electron chi connectivity index (χ3n) is 4.58. The van der Waals surface area contributed by atoms with E-state index in [-0.39, 0.29) is 5.78 Å². The number of carbonyl (C=O) groups is 1. The van der Waals surface area contributed by atoms with Gasteiger partial charge in [0.2, 0.25) is 0 Å². The average molecular weight is 307 g/mol. The van der Waals surface area contributed by atoms with Gasteiger partial charge in [-0.2, -0.15) is 0 Å². The van der Waals surface area contributed by atoms with Crippen LogP contribution >= 0.6 is 0 Å². The molecule has 0 amide bonds. The molecular weight excluding hydrogens is 290 g/mol. The molecule has 5 nitrogen and oxygen atoms in total. The van der Waals surface area contributed by atoms with Crippen molar-refractivity contribution < 1.29 is 9.90 Å². The van der Waals surface area contributed by atoms with Gasteiger partial charge < -0.3 is 14.8 Å². The van der Waals surface area contributed by atoms with E-state index in [1.165, 1.54) is 0 Å². The number of hydrogen-bond acceptors (Lipinski definition) is 4. The zero-order valence-electron chi connectivity index (χ0n) is 12.9. The summed E-state index contributed by atoms with van der Waals surface area (Å²) < 4.78 is 1.97. The summed E-state index contributed by atoms with van der Waals surface area (Å²) in [5.41, 5.74) is 4.74. The molecule has 3 aromatic rings. The Kier molecular flexibility index (Phi) is 2.99. The Labute approximate surface area is 133 Å². The number of benzene rings is 1. The molecule has 0 saturated heterocycles. The minimum Gasteiger partial charge on any atom is -0.382 e. The number of nitrogens with one attached hydrogen (secondary N) is 1. The second-order valence-corrected chi connectivity index (χ2v) is 5.92. The predicted octanol–water partition coefficient (Wildman–Crippen LogP) is 2.66. The van der Waals surface area contributed by atoms with E-state index in [4.69, 9.17) is 0 Å². The van der Waals surface area contributed by atoms with Crippen LogP contribution in [0.1, 0.15) is 33.4 Å². The Hall–Kier alpha value is -2.66. The van der Waals surface area contributed by atoms with Crippen LogP contribution in [0, 0.1) is 13.8 Å². The molecule has 2 N–H and O–H groups in total. The van der Waals surface area contributed by atoms with Crippen molar-refractivity contribution in [3.05, 3.63) is 65.1 Å². The lowest BCUT2D eigenvalue weighted by molar-refractivity contribution is 0.0695. The van der Waals surface area contributed by atoms with Crippen LogP contribution in [-0.2, 0) is 0 Å². The maximum Gasteiger partial charge on any atom is 0.196 e. The summed E-state index contributed by atoms with van der Waals surface area (Å²) in [6.07, 6.45) is 0.725. The summed E-state index contributed by atoms with van der Waals surface area (Å²) in [6.45, 7) is 3.94. The molecule has 1 aliphatic heterocycles. The fraction of sp³-hybridized carbons (Fsp3) is 0.222. The van der Waals surface area contributed by atoms with Crippen molar-refractivity contribution in [1.82, 2.24) is 9.38 Å². The molecule has 2 unspecified atom stereocenters. The van der Waals surface area contributed by atoms with Gasteiger partial charge in [0.25, 0.3) is 0 Å². The highest BCUT2D eigenvalue weighted by atomic mass is 16.3. The first kappa shape index (κ1) is 14.0. The summed E-state index contributed by atoms with van der Waals surface area (Å²) in [6, 6.07) is 10.8. The SMILES string of the molecule is Cc1nc2c3c(ccn2c1C)C(=O)C(O)C(c1ccccc1)N3. The Bertz CT molecular complexity index is 915. The zero-order chi connectivity index (χ0) is 16.1. The molecule has 5 heteroatoms. The minimum absolute atomic E-state index is 0.270. The molecule has 3 heterocycles. The lowest BCUT2D eigenvalue weighted by Crippen LogP contribution is -2.38. The van der Waals surface area contributed by atoms with Crippen molar-refractivity contribution in [3.63, 3.8) is 0 Å². The summed E-state index contributed by atoms with van der Waals surface area (Å²) in [7, 11) is 0. The number of aromatic nitrogens is 2. The summed E-state index contributed by atoms with van der Waals surface area (Å²) >= 11 is 0. The van der Waals surface area contributed by atoms with Crippen LogP contribution in [0.2, 0.25) is 0 Å². The number of anilines is 1. The number of nitrogens with zero attached hydrogens (tertiary/aromatic N) is 2. The van der Waals surface area contributed by atoms with Gasteiger partial charge in [-0.1, -0.05) is 30.3 Å². The molecule has 1 aliphatic rings. The van der Waals surface area contributed by atoms with Gasteiger partial charge in [-0.3, -0.25) is 4.79 Å². The van der Waals surface area contributed by atoms with E-state index in [0.29, 0.717) is 11.3 Å². The standard InChI is InChI=1S/C18H17N3O2/c1-10-11(2)21-9-8-13-15(18(21)19-10)20-14(17(23)16(13)22)12-6-4-3-5-7-12/h3-9,14,17,20,23H,1-2H3.